The van der Waals surface area contributed by atoms with Gasteiger partial charge in [-0.05, 0) is 59.9 Å². The minimum Gasteiger partial charge on any atom is -0.445 e. The molecular weight excluding hydrogens is 626 g/mol. The molecule has 0 radical (unpaired) electrons. The molecule has 0 atom stereocenters. The SMILES string of the molecule is CC(C)(C)OC(=O)NCCCNC(=O)CCOCC(COCCC(=O)NCCCNC(=O)OC(C)(C)C)NC(=O)OCc1ccccc1. The Labute approximate surface area is 283 Å². The number of ether oxygens (including phenoxy) is 5. The summed E-state index contributed by atoms with van der Waals surface area (Å²) in [5, 5.41) is 13.5. The molecule has 5 N–H and O–H groups in total. The van der Waals surface area contributed by atoms with Crippen LogP contribution in [0.3, 0.4) is 0 Å². The molecule has 0 bridgehead atoms. The van der Waals surface area contributed by atoms with Crippen molar-refractivity contribution < 1.29 is 47.7 Å². The first-order chi connectivity index (χ1) is 22.6. The van der Waals surface area contributed by atoms with E-state index in [2.05, 4.69) is 26.6 Å². The van der Waals surface area contributed by atoms with Crippen molar-refractivity contribution in [1.29, 1.82) is 0 Å². The third-order valence-electron chi connectivity index (χ3n) is 5.81. The summed E-state index contributed by atoms with van der Waals surface area (Å²) in [6, 6.07) is 8.62. The topological polar surface area (TPSA) is 192 Å². The highest BCUT2D eigenvalue weighted by Gasteiger charge is 2.17. The predicted octanol–water partition coefficient (Wildman–Crippen LogP) is 3.16. The van der Waals surface area contributed by atoms with Crippen molar-refractivity contribution in [2.24, 2.45) is 0 Å². The van der Waals surface area contributed by atoms with E-state index in [1.54, 1.807) is 41.5 Å². The maximum Gasteiger partial charge on any atom is 0.407 e. The average Bonchev–Trinajstić information content (AvgIpc) is 2.98. The lowest BCUT2D eigenvalue weighted by molar-refractivity contribution is -0.122. The second-order valence-corrected chi connectivity index (χ2v) is 12.8. The fraction of sp³-hybridized carbons (Fsp3) is 0.667. The Hall–Kier alpha value is -4.11. The summed E-state index contributed by atoms with van der Waals surface area (Å²) < 4.78 is 26.9. The van der Waals surface area contributed by atoms with Crippen LogP contribution in [0, 0.1) is 0 Å². The zero-order chi connectivity index (χ0) is 35.8. The Bertz CT molecular complexity index is 1050. The van der Waals surface area contributed by atoms with Crippen LogP contribution in [0.25, 0.3) is 0 Å². The molecule has 0 saturated carbocycles. The van der Waals surface area contributed by atoms with Gasteiger partial charge in [-0.2, -0.15) is 0 Å². The van der Waals surface area contributed by atoms with Crippen molar-refractivity contribution in [2.45, 2.75) is 91.1 Å². The van der Waals surface area contributed by atoms with E-state index >= 15 is 0 Å². The number of nitrogens with one attached hydrogen (secondary N) is 5. The van der Waals surface area contributed by atoms with Crippen molar-refractivity contribution in [3.8, 4) is 0 Å². The second kappa shape index (κ2) is 23.3. The Morgan fingerprint density at radius 2 is 1.06 bits per heavy atom. The largest absolute Gasteiger partial charge is 0.445 e. The van der Waals surface area contributed by atoms with Gasteiger partial charge in [-0.3, -0.25) is 9.59 Å². The van der Waals surface area contributed by atoms with Gasteiger partial charge in [0.2, 0.25) is 11.8 Å². The molecule has 1 aromatic carbocycles. The van der Waals surface area contributed by atoms with Crippen LogP contribution in [0.1, 0.15) is 72.8 Å². The number of hydrogen-bond acceptors (Lipinski definition) is 10. The highest BCUT2D eigenvalue weighted by atomic mass is 16.6. The van der Waals surface area contributed by atoms with Crippen LogP contribution >= 0.6 is 0 Å². The molecule has 0 heterocycles. The predicted molar refractivity (Wildman–Crippen MR) is 178 cm³/mol. The number of benzene rings is 1. The van der Waals surface area contributed by atoms with Gasteiger partial charge in [-0.15, -0.1) is 0 Å². The number of carbonyl (C=O) groups is 5. The van der Waals surface area contributed by atoms with Crippen LogP contribution in [0.5, 0.6) is 0 Å². The molecule has 272 valence electrons. The van der Waals surface area contributed by atoms with E-state index < -0.39 is 35.5 Å². The van der Waals surface area contributed by atoms with Gasteiger partial charge in [0.1, 0.15) is 17.8 Å². The summed E-state index contributed by atoms with van der Waals surface area (Å²) in [6.07, 6.45) is -0.427. The Morgan fingerprint density at radius 3 is 1.50 bits per heavy atom. The van der Waals surface area contributed by atoms with Crippen molar-refractivity contribution in [3.63, 3.8) is 0 Å². The van der Waals surface area contributed by atoms with Crippen LogP contribution in [0.4, 0.5) is 14.4 Å². The maximum absolute atomic E-state index is 12.4. The zero-order valence-electron chi connectivity index (χ0n) is 29.2. The lowest BCUT2D eigenvalue weighted by Crippen LogP contribution is -2.42. The minimum atomic E-state index is -0.661. The Balaban J connectivity index is 2.35. The van der Waals surface area contributed by atoms with Gasteiger partial charge in [0.25, 0.3) is 0 Å². The molecule has 5 amide bonds. The maximum atomic E-state index is 12.4. The minimum absolute atomic E-state index is 0.0460. The number of amides is 5. The van der Waals surface area contributed by atoms with Gasteiger partial charge in [-0.25, -0.2) is 14.4 Å². The first-order valence-corrected chi connectivity index (χ1v) is 16.2. The molecule has 1 aromatic rings. The Kier molecular flexibility index (Phi) is 20.3. The van der Waals surface area contributed by atoms with Gasteiger partial charge >= 0.3 is 18.3 Å². The van der Waals surface area contributed by atoms with E-state index in [1.807, 2.05) is 30.3 Å². The summed E-state index contributed by atoms with van der Waals surface area (Å²) >= 11 is 0. The molecule has 0 aliphatic rings. The fourth-order valence-electron chi connectivity index (χ4n) is 3.66. The average molecular weight is 682 g/mol. The third kappa shape index (κ3) is 25.0. The Morgan fingerprint density at radius 1 is 0.625 bits per heavy atom. The number of carbonyl (C=O) groups excluding carboxylic acids is 5. The summed E-state index contributed by atoms with van der Waals surface area (Å²) in [6.45, 7) is 12.5. The summed E-state index contributed by atoms with van der Waals surface area (Å²) in [4.78, 5) is 60.1. The summed E-state index contributed by atoms with van der Waals surface area (Å²) in [5.74, 6) is -0.441. The molecule has 0 saturated heterocycles. The van der Waals surface area contributed by atoms with E-state index in [-0.39, 0.29) is 57.7 Å². The normalized spacial score (nSPS) is 11.3. The van der Waals surface area contributed by atoms with Crippen molar-refractivity contribution >= 4 is 30.1 Å². The number of hydrogen-bond donors (Lipinski definition) is 5. The van der Waals surface area contributed by atoms with Crippen LogP contribution in [0.2, 0.25) is 0 Å². The van der Waals surface area contributed by atoms with Gasteiger partial charge in [-0.1, -0.05) is 30.3 Å². The highest BCUT2D eigenvalue weighted by molar-refractivity contribution is 5.76. The molecular formula is C33H55N5O10. The molecule has 15 heteroatoms. The molecule has 0 aromatic heterocycles. The molecule has 0 spiro atoms. The molecule has 48 heavy (non-hydrogen) atoms. The van der Waals surface area contributed by atoms with Crippen molar-refractivity contribution in [1.82, 2.24) is 26.6 Å². The highest BCUT2D eigenvalue weighted by Crippen LogP contribution is 2.07. The summed E-state index contributed by atoms with van der Waals surface area (Å²) in [7, 11) is 0. The third-order valence-corrected chi connectivity index (χ3v) is 5.81. The second-order valence-electron chi connectivity index (χ2n) is 12.8. The van der Waals surface area contributed by atoms with E-state index in [9.17, 15) is 24.0 Å². The summed E-state index contributed by atoms with van der Waals surface area (Å²) in [5.41, 5.74) is -0.331. The quantitative estimate of drug-likeness (QED) is 0.0951. The van der Waals surface area contributed by atoms with E-state index in [0.717, 1.165) is 5.56 Å². The monoisotopic (exact) mass is 681 g/mol. The molecule has 0 fully saturated rings. The van der Waals surface area contributed by atoms with Gasteiger partial charge in [0.05, 0.1) is 32.5 Å². The van der Waals surface area contributed by atoms with Crippen molar-refractivity contribution in [2.75, 3.05) is 52.6 Å². The fourth-order valence-corrected chi connectivity index (χ4v) is 3.66. The number of alkyl carbamates (subject to hydrolysis) is 3. The molecule has 0 aliphatic heterocycles. The van der Waals surface area contributed by atoms with Gasteiger partial charge in [0.15, 0.2) is 0 Å². The smallest absolute Gasteiger partial charge is 0.407 e. The lowest BCUT2D eigenvalue weighted by atomic mass is 10.2. The molecule has 0 aliphatic carbocycles. The van der Waals surface area contributed by atoms with Crippen LogP contribution in [0.15, 0.2) is 30.3 Å². The first-order valence-electron chi connectivity index (χ1n) is 16.2. The van der Waals surface area contributed by atoms with Crippen LogP contribution in [-0.4, -0.2) is 99.9 Å². The van der Waals surface area contributed by atoms with E-state index in [4.69, 9.17) is 23.7 Å². The van der Waals surface area contributed by atoms with Gasteiger partial charge < -0.3 is 50.3 Å². The lowest BCUT2D eigenvalue weighted by Gasteiger charge is -2.19. The molecule has 0 unspecified atom stereocenters. The first kappa shape index (κ1) is 41.9. The van der Waals surface area contributed by atoms with E-state index in [1.165, 1.54) is 0 Å². The molecule has 15 nitrogen and oxygen atoms in total. The van der Waals surface area contributed by atoms with Crippen LogP contribution < -0.4 is 26.6 Å². The molecule has 1 rings (SSSR count). The van der Waals surface area contributed by atoms with Gasteiger partial charge in [0, 0.05) is 39.0 Å². The van der Waals surface area contributed by atoms with Crippen molar-refractivity contribution in [3.05, 3.63) is 35.9 Å². The number of rotatable bonds is 21. The zero-order valence-corrected chi connectivity index (χ0v) is 29.2. The standard InChI is InChI=1S/C33H55N5O10/c1-32(2,3)47-29(41)36-18-10-16-34-27(39)14-20-44-23-26(38-31(43)46-22-25-12-8-7-9-13-25)24-45-21-15-28(40)35-17-11-19-37-30(42)48-33(4,5)6/h7-9,12-13,26H,10-11,14-24H2,1-6H3,(H,34,39)(H,35,40)(H,36,41)(H,37,42)(H,38,43). The van der Waals surface area contributed by atoms with Crippen LogP contribution in [-0.2, 0) is 39.9 Å². The van der Waals surface area contributed by atoms with E-state index in [0.29, 0.717) is 39.0 Å².